The minimum absolute atomic E-state index is 0.167. The Balaban J connectivity index is 2.34. The Morgan fingerprint density at radius 1 is 1.35 bits per heavy atom. The van der Waals surface area contributed by atoms with Gasteiger partial charge in [-0.3, -0.25) is 0 Å². The fourth-order valence-electron chi connectivity index (χ4n) is 2.01. The standard InChI is InChI=1S/C12H17NO3S/c1-2-7-17(15,16)12-6-4-3-5-11(12)13-8-10(14)9-13/h3-6,10,14H,2,7-9H2,1H3. The first kappa shape index (κ1) is 12.4. The number of hydrogen-bond acceptors (Lipinski definition) is 4. The van der Waals surface area contributed by atoms with E-state index in [2.05, 4.69) is 0 Å². The summed E-state index contributed by atoms with van der Waals surface area (Å²) in [6.45, 7) is 2.88. The van der Waals surface area contributed by atoms with Crippen LogP contribution in [0.15, 0.2) is 29.2 Å². The Hall–Kier alpha value is -1.07. The van der Waals surface area contributed by atoms with Gasteiger partial charge in [0.2, 0.25) is 0 Å². The zero-order valence-electron chi connectivity index (χ0n) is 9.83. The molecule has 94 valence electrons. The molecule has 0 spiro atoms. The molecule has 0 amide bonds. The van der Waals surface area contributed by atoms with Crippen molar-refractivity contribution in [1.82, 2.24) is 0 Å². The van der Waals surface area contributed by atoms with Crippen LogP contribution < -0.4 is 4.90 Å². The number of sulfone groups is 1. The Morgan fingerprint density at radius 2 is 2.00 bits per heavy atom. The third kappa shape index (κ3) is 2.45. The summed E-state index contributed by atoms with van der Waals surface area (Å²) in [6, 6.07) is 7.01. The van der Waals surface area contributed by atoms with E-state index in [1.807, 2.05) is 17.9 Å². The molecule has 0 unspecified atom stereocenters. The lowest BCUT2D eigenvalue weighted by molar-refractivity contribution is 0.141. The minimum Gasteiger partial charge on any atom is -0.389 e. The maximum Gasteiger partial charge on any atom is 0.180 e. The van der Waals surface area contributed by atoms with Crippen LogP contribution >= 0.6 is 0 Å². The Kier molecular flexibility index (Phi) is 3.40. The van der Waals surface area contributed by atoms with Crippen LogP contribution in [0.1, 0.15) is 13.3 Å². The first-order valence-corrected chi connectivity index (χ1v) is 7.44. The van der Waals surface area contributed by atoms with Gasteiger partial charge < -0.3 is 10.0 Å². The molecule has 0 aliphatic carbocycles. The number of benzene rings is 1. The molecule has 0 saturated carbocycles. The topological polar surface area (TPSA) is 57.6 Å². The predicted octanol–water partition coefficient (Wildman–Crippen LogP) is 1.05. The van der Waals surface area contributed by atoms with Gasteiger partial charge in [-0.2, -0.15) is 0 Å². The molecule has 1 heterocycles. The van der Waals surface area contributed by atoms with Crippen molar-refractivity contribution in [2.24, 2.45) is 0 Å². The van der Waals surface area contributed by atoms with E-state index in [4.69, 9.17) is 0 Å². The van der Waals surface area contributed by atoms with Crippen LogP contribution in [0.5, 0.6) is 0 Å². The number of β-amino-alcohol motifs (C(OH)–C–C–N with tert-alkyl or cyclic N) is 1. The molecule has 0 radical (unpaired) electrons. The maximum absolute atomic E-state index is 12.1. The van der Waals surface area contributed by atoms with Crippen LogP contribution in [0, 0.1) is 0 Å². The van der Waals surface area contributed by atoms with Crippen LogP contribution in [-0.4, -0.2) is 38.5 Å². The van der Waals surface area contributed by atoms with E-state index in [-0.39, 0.29) is 11.9 Å². The second-order valence-electron chi connectivity index (χ2n) is 4.35. The van der Waals surface area contributed by atoms with Gasteiger partial charge in [0.05, 0.1) is 22.4 Å². The van der Waals surface area contributed by atoms with Gasteiger partial charge in [-0.1, -0.05) is 19.1 Å². The first-order chi connectivity index (χ1) is 8.04. The highest BCUT2D eigenvalue weighted by Crippen LogP contribution is 2.29. The van der Waals surface area contributed by atoms with Crippen molar-refractivity contribution in [3.63, 3.8) is 0 Å². The van der Waals surface area contributed by atoms with Crippen LogP contribution in [0.25, 0.3) is 0 Å². The van der Waals surface area contributed by atoms with Crippen LogP contribution in [0.3, 0.4) is 0 Å². The lowest BCUT2D eigenvalue weighted by Crippen LogP contribution is -2.51. The molecule has 0 bridgehead atoms. The summed E-state index contributed by atoms with van der Waals surface area (Å²) in [5, 5.41) is 9.29. The normalized spacial score (nSPS) is 16.9. The molecule has 1 aromatic carbocycles. The van der Waals surface area contributed by atoms with Crippen molar-refractivity contribution in [2.45, 2.75) is 24.3 Å². The first-order valence-electron chi connectivity index (χ1n) is 5.79. The van der Waals surface area contributed by atoms with Gasteiger partial charge >= 0.3 is 0 Å². The monoisotopic (exact) mass is 255 g/mol. The highest BCUT2D eigenvalue weighted by Gasteiger charge is 2.29. The van der Waals surface area contributed by atoms with Crippen LogP contribution in [0.4, 0.5) is 5.69 Å². The van der Waals surface area contributed by atoms with Gasteiger partial charge in [0.25, 0.3) is 0 Å². The number of anilines is 1. The van der Waals surface area contributed by atoms with Gasteiger partial charge in [-0.15, -0.1) is 0 Å². The van der Waals surface area contributed by atoms with Crippen molar-refractivity contribution < 1.29 is 13.5 Å². The van der Waals surface area contributed by atoms with E-state index >= 15 is 0 Å². The minimum atomic E-state index is -3.20. The van der Waals surface area contributed by atoms with E-state index in [9.17, 15) is 13.5 Å². The fourth-order valence-corrected chi connectivity index (χ4v) is 3.57. The molecule has 1 fully saturated rings. The average molecular weight is 255 g/mol. The van der Waals surface area contributed by atoms with Gasteiger partial charge in [0, 0.05) is 13.1 Å². The molecule has 1 saturated heterocycles. The molecule has 5 heteroatoms. The Morgan fingerprint density at radius 3 is 2.59 bits per heavy atom. The summed E-state index contributed by atoms with van der Waals surface area (Å²) in [6.07, 6.45) is 0.274. The second-order valence-corrected chi connectivity index (χ2v) is 6.42. The summed E-state index contributed by atoms with van der Waals surface area (Å²) in [5.41, 5.74) is 0.714. The highest BCUT2D eigenvalue weighted by molar-refractivity contribution is 7.91. The number of aliphatic hydroxyl groups excluding tert-OH is 1. The lowest BCUT2D eigenvalue weighted by Gasteiger charge is -2.38. The SMILES string of the molecule is CCCS(=O)(=O)c1ccccc1N1CC(O)C1. The summed E-state index contributed by atoms with van der Waals surface area (Å²) in [5.74, 6) is 0.167. The number of para-hydroxylation sites is 1. The second kappa shape index (κ2) is 4.66. The zero-order chi connectivity index (χ0) is 12.5. The molecule has 1 aliphatic heterocycles. The van der Waals surface area contributed by atoms with Crippen molar-refractivity contribution >= 4 is 15.5 Å². The third-order valence-electron chi connectivity index (χ3n) is 2.88. The molecular formula is C12H17NO3S. The van der Waals surface area contributed by atoms with Gasteiger partial charge in [0.1, 0.15) is 0 Å². The van der Waals surface area contributed by atoms with Crippen molar-refractivity contribution in [2.75, 3.05) is 23.7 Å². The van der Waals surface area contributed by atoms with Crippen LogP contribution in [0.2, 0.25) is 0 Å². The Labute approximate surface area is 102 Å². The van der Waals surface area contributed by atoms with E-state index in [1.54, 1.807) is 18.2 Å². The molecule has 1 aromatic rings. The predicted molar refractivity (Wildman–Crippen MR) is 67.0 cm³/mol. The Bertz CT molecular complexity index is 492. The summed E-state index contributed by atoms with van der Waals surface area (Å²) in [4.78, 5) is 2.28. The molecule has 17 heavy (non-hydrogen) atoms. The van der Waals surface area contributed by atoms with Crippen LogP contribution in [-0.2, 0) is 9.84 Å². The summed E-state index contributed by atoms with van der Waals surface area (Å²) >= 11 is 0. The van der Waals surface area contributed by atoms with Gasteiger partial charge in [-0.05, 0) is 18.6 Å². The highest BCUT2D eigenvalue weighted by atomic mass is 32.2. The molecule has 0 aromatic heterocycles. The van der Waals surface area contributed by atoms with Crippen molar-refractivity contribution in [3.8, 4) is 0 Å². The van der Waals surface area contributed by atoms with E-state index < -0.39 is 9.84 Å². The smallest absolute Gasteiger partial charge is 0.180 e. The third-order valence-corrected chi connectivity index (χ3v) is 4.84. The van der Waals surface area contributed by atoms with Gasteiger partial charge in [0.15, 0.2) is 9.84 Å². The quantitative estimate of drug-likeness (QED) is 0.873. The molecular weight excluding hydrogens is 238 g/mol. The zero-order valence-corrected chi connectivity index (χ0v) is 10.7. The van der Waals surface area contributed by atoms with E-state index in [0.717, 1.165) is 0 Å². The number of aliphatic hydroxyl groups is 1. The summed E-state index contributed by atoms with van der Waals surface area (Å²) in [7, 11) is -3.20. The van der Waals surface area contributed by atoms with Crippen molar-refractivity contribution in [3.05, 3.63) is 24.3 Å². The maximum atomic E-state index is 12.1. The molecule has 1 aliphatic rings. The van der Waals surface area contributed by atoms with Gasteiger partial charge in [-0.25, -0.2) is 8.42 Å². The van der Waals surface area contributed by atoms with E-state index in [1.165, 1.54) is 0 Å². The average Bonchev–Trinajstić information content (AvgIpc) is 2.25. The lowest BCUT2D eigenvalue weighted by atomic mass is 10.1. The van der Waals surface area contributed by atoms with E-state index in [0.29, 0.717) is 30.1 Å². The fraction of sp³-hybridized carbons (Fsp3) is 0.500. The van der Waals surface area contributed by atoms with Crippen molar-refractivity contribution in [1.29, 1.82) is 0 Å². The molecule has 1 N–H and O–H groups in total. The molecule has 0 atom stereocenters. The summed E-state index contributed by atoms with van der Waals surface area (Å²) < 4.78 is 24.2. The number of hydrogen-bond donors (Lipinski definition) is 1. The number of rotatable bonds is 4. The molecule has 4 nitrogen and oxygen atoms in total. The molecule has 2 rings (SSSR count). The number of nitrogens with zero attached hydrogens (tertiary/aromatic N) is 1. The largest absolute Gasteiger partial charge is 0.389 e.